The number of ether oxygens (including phenoxy) is 1. The van der Waals surface area contributed by atoms with E-state index in [0.717, 1.165) is 31.5 Å². The maximum Gasteiger partial charge on any atom is 0.213 e. The molecule has 130 valence electrons. The zero-order chi connectivity index (χ0) is 17.5. The van der Waals surface area contributed by atoms with E-state index < -0.39 is 6.10 Å². The van der Waals surface area contributed by atoms with Crippen LogP contribution in [0.4, 0.5) is 0 Å². The van der Waals surface area contributed by atoms with Gasteiger partial charge < -0.3 is 14.7 Å². The second-order valence-corrected chi connectivity index (χ2v) is 6.47. The van der Waals surface area contributed by atoms with Crippen molar-refractivity contribution in [3.63, 3.8) is 0 Å². The number of aliphatic hydroxyl groups excluding tert-OH is 1. The van der Waals surface area contributed by atoms with Crippen molar-refractivity contribution in [1.29, 1.82) is 5.26 Å². The standard InChI is InChI=1S/C20H23N3O2/c21-13-16-4-6-18(7-5-16)19(24)14-23-11-8-17(9-12-23)15-25-20-3-1-2-10-22-20/h1-7,10,17,19,24H,8-9,11-12,14-15H2. The van der Waals surface area contributed by atoms with Crippen LogP contribution in [0.2, 0.25) is 0 Å². The smallest absolute Gasteiger partial charge is 0.213 e. The highest BCUT2D eigenvalue weighted by molar-refractivity contribution is 5.32. The summed E-state index contributed by atoms with van der Waals surface area (Å²) in [5.74, 6) is 1.21. The predicted octanol–water partition coefficient (Wildman–Crippen LogP) is 2.78. The topological polar surface area (TPSA) is 69.4 Å². The first-order valence-corrected chi connectivity index (χ1v) is 8.69. The van der Waals surface area contributed by atoms with E-state index in [0.29, 0.717) is 30.5 Å². The van der Waals surface area contributed by atoms with Crippen molar-refractivity contribution in [3.8, 4) is 11.9 Å². The second-order valence-electron chi connectivity index (χ2n) is 6.47. The monoisotopic (exact) mass is 337 g/mol. The minimum atomic E-state index is -0.519. The molecule has 0 aliphatic carbocycles. The van der Waals surface area contributed by atoms with E-state index in [9.17, 15) is 5.11 Å². The van der Waals surface area contributed by atoms with E-state index in [1.807, 2.05) is 30.3 Å². The number of hydrogen-bond donors (Lipinski definition) is 1. The molecule has 3 rings (SSSR count). The Kier molecular flexibility index (Phi) is 5.99. The molecule has 1 atom stereocenters. The van der Waals surface area contributed by atoms with Gasteiger partial charge in [-0.15, -0.1) is 0 Å². The third-order valence-corrected chi connectivity index (χ3v) is 4.67. The molecule has 5 nitrogen and oxygen atoms in total. The molecule has 0 spiro atoms. The van der Waals surface area contributed by atoms with E-state index in [1.165, 1.54) is 0 Å². The van der Waals surface area contributed by atoms with Crippen LogP contribution in [0.3, 0.4) is 0 Å². The Morgan fingerprint density at radius 1 is 1.20 bits per heavy atom. The molecule has 1 aromatic heterocycles. The molecule has 0 bridgehead atoms. The first-order valence-electron chi connectivity index (χ1n) is 8.69. The minimum absolute atomic E-state index is 0.519. The van der Waals surface area contributed by atoms with E-state index >= 15 is 0 Å². The molecular weight excluding hydrogens is 314 g/mol. The number of β-amino-alcohol motifs (C(OH)–C–C–N with tert-alkyl or cyclic N) is 1. The Bertz CT molecular complexity index is 689. The number of pyridine rings is 1. The van der Waals surface area contributed by atoms with Crippen LogP contribution in [0.5, 0.6) is 5.88 Å². The van der Waals surface area contributed by atoms with E-state index in [1.54, 1.807) is 18.3 Å². The largest absolute Gasteiger partial charge is 0.477 e. The molecule has 1 unspecified atom stereocenters. The Labute approximate surface area is 148 Å². The number of nitrogens with zero attached hydrogens (tertiary/aromatic N) is 3. The summed E-state index contributed by atoms with van der Waals surface area (Å²) in [5.41, 5.74) is 1.48. The molecule has 1 N–H and O–H groups in total. The fraction of sp³-hybridized carbons (Fsp3) is 0.400. The number of aliphatic hydroxyl groups is 1. The molecule has 1 saturated heterocycles. The van der Waals surface area contributed by atoms with Gasteiger partial charge in [0.15, 0.2) is 0 Å². The molecule has 0 saturated carbocycles. The summed E-state index contributed by atoms with van der Waals surface area (Å²) in [6.45, 7) is 3.25. The van der Waals surface area contributed by atoms with Crippen LogP contribution in [-0.2, 0) is 0 Å². The molecule has 1 aliphatic rings. The average molecular weight is 337 g/mol. The SMILES string of the molecule is N#Cc1ccc(C(O)CN2CCC(COc3ccccn3)CC2)cc1. The van der Waals surface area contributed by atoms with Crippen LogP contribution in [0.25, 0.3) is 0 Å². The number of piperidine rings is 1. The normalized spacial score (nSPS) is 17.0. The van der Waals surface area contributed by atoms with Gasteiger partial charge >= 0.3 is 0 Å². The summed E-state index contributed by atoms with van der Waals surface area (Å²) >= 11 is 0. The predicted molar refractivity (Wildman–Crippen MR) is 95.0 cm³/mol. The second kappa shape index (κ2) is 8.61. The molecule has 0 amide bonds. The quantitative estimate of drug-likeness (QED) is 0.878. The Morgan fingerprint density at radius 3 is 2.60 bits per heavy atom. The highest BCUT2D eigenvalue weighted by Crippen LogP contribution is 2.22. The van der Waals surface area contributed by atoms with Crippen molar-refractivity contribution in [1.82, 2.24) is 9.88 Å². The Balaban J connectivity index is 1.42. The molecule has 2 aromatic rings. The molecule has 25 heavy (non-hydrogen) atoms. The fourth-order valence-corrected chi connectivity index (χ4v) is 3.10. The zero-order valence-corrected chi connectivity index (χ0v) is 14.2. The number of aromatic nitrogens is 1. The Morgan fingerprint density at radius 2 is 1.96 bits per heavy atom. The van der Waals surface area contributed by atoms with Crippen LogP contribution in [0.15, 0.2) is 48.7 Å². The van der Waals surface area contributed by atoms with Crippen molar-refractivity contribution in [2.24, 2.45) is 5.92 Å². The molecule has 1 aliphatic heterocycles. The van der Waals surface area contributed by atoms with Crippen molar-refractivity contribution in [2.75, 3.05) is 26.2 Å². The van der Waals surface area contributed by atoms with Gasteiger partial charge in [0.25, 0.3) is 0 Å². The molecule has 5 heteroatoms. The van der Waals surface area contributed by atoms with Crippen molar-refractivity contribution in [2.45, 2.75) is 18.9 Å². The minimum Gasteiger partial charge on any atom is -0.477 e. The lowest BCUT2D eigenvalue weighted by Gasteiger charge is -2.33. The van der Waals surface area contributed by atoms with Crippen LogP contribution in [0.1, 0.15) is 30.1 Å². The first-order chi connectivity index (χ1) is 12.2. The zero-order valence-electron chi connectivity index (χ0n) is 14.2. The lowest BCUT2D eigenvalue weighted by molar-refractivity contribution is 0.0788. The molecule has 1 fully saturated rings. The summed E-state index contributed by atoms with van der Waals surface area (Å²) in [7, 11) is 0. The fourth-order valence-electron chi connectivity index (χ4n) is 3.10. The van der Waals surface area contributed by atoms with Gasteiger partial charge in [0.05, 0.1) is 24.3 Å². The summed E-state index contributed by atoms with van der Waals surface area (Å²) < 4.78 is 5.75. The summed E-state index contributed by atoms with van der Waals surface area (Å²) in [6.07, 6.45) is 3.34. The number of nitriles is 1. The molecule has 1 aromatic carbocycles. The number of rotatable bonds is 6. The average Bonchev–Trinajstić information content (AvgIpc) is 2.68. The van der Waals surface area contributed by atoms with E-state index in [4.69, 9.17) is 10.00 Å². The van der Waals surface area contributed by atoms with E-state index in [-0.39, 0.29) is 0 Å². The van der Waals surface area contributed by atoms with Crippen molar-refractivity contribution in [3.05, 3.63) is 59.8 Å². The van der Waals surface area contributed by atoms with Gasteiger partial charge in [0, 0.05) is 18.8 Å². The van der Waals surface area contributed by atoms with Gasteiger partial charge in [-0.25, -0.2) is 4.98 Å². The van der Waals surface area contributed by atoms with Gasteiger partial charge in [-0.05, 0) is 55.6 Å². The van der Waals surface area contributed by atoms with Crippen LogP contribution in [-0.4, -0.2) is 41.2 Å². The summed E-state index contributed by atoms with van der Waals surface area (Å²) in [5, 5.41) is 19.2. The third kappa shape index (κ3) is 5.02. The first kappa shape index (κ1) is 17.4. The van der Waals surface area contributed by atoms with Gasteiger partial charge in [-0.1, -0.05) is 18.2 Å². The number of hydrogen-bond acceptors (Lipinski definition) is 5. The maximum absolute atomic E-state index is 10.4. The van der Waals surface area contributed by atoms with Crippen molar-refractivity contribution >= 4 is 0 Å². The van der Waals surface area contributed by atoms with Gasteiger partial charge in [-0.3, -0.25) is 0 Å². The van der Waals surface area contributed by atoms with Gasteiger partial charge in [0.2, 0.25) is 5.88 Å². The highest BCUT2D eigenvalue weighted by Gasteiger charge is 2.22. The van der Waals surface area contributed by atoms with Crippen LogP contribution in [0, 0.1) is 17.2 Å². The van der Waals surface area contributed by atoms with Gasteiger partial charge in [0.1, 0.15) is 0 Å². The highest BCUT2D eigenvalue weighted by atomic mass is 16.5. The lowest BCUT2D eigenvalue weighted by Crippen LogP contribution is -2.38. The van der Waals surface area contributed by atoms with Gasteiger partial charge in [-0.2, -0.15) is 5.26 Å². The molecule has 0 radical (unpaired) electrons. The van der Waals surface area contributed by atoms with E-state index in [2.05, 4.69) is 16.0 Å². The number of likely N-dealkylation sites (tertiary alicyclic amines) is 1. The number of benzene rings is 1. The summed E-state index contributed by atoms with van der Waals surface area (Å²) in [4.78, 5) is 6.47. The molecule has 2 heterocycles. The lowest BCUT2D eigenvalue weighted by atomic mass is 9.97. The summed E-state index contributed by atoms with van der Waals surface area (Å²) in [6, 6.07) is 14.9. The third-order valence-electron chi connectivity index (χ3n) is 4.67. The van der Waals surface area contributed by atoms with Crippen molar-refractivity contribution < 1.29 is 9.84 Å². The van der Waals surface area contributed by atoms with Crippen LogP contribution >= 0.6 is 0 Å². The maximum atomic E-state index is 10.4. The van der Waals surface area contributed by atoms with Crippen LogP contribution < -0.4 is 4.74 Å². The Hall–Kier alpha value is -2.42. The molecular formula is C20H23N3O2.